The van der Waals surface area contributed by atoms with Crippen LogP contribution in [0.15, 0.2) is 42.5 Å². The average molecular weight is 369 g/mol. The fourth-order valence-corrected chi connectivity index (χ4v) is 3.76. The molecule has 0 aliphatic heterocycles. The molecule has 27 heavy (non-hydrogen) atoms. The number of rotatable bonds is 6. The quantitative estimate of drug-likeness (QED) is 0.727. The Balaban J connectivity index is 1.94. The van der Waals surface area contributed by atoms with Gasteiger partial charge in [-0.1, -0.05) is 50.2 Å². The summed E-state index contributed by atoms with van der Waals surface area (Å²) >= 11 is 0. The molecule has 0 aromatic heterocycles. The van der Waals surface area contributed by atoms with Crippen molar-refractivity contribution in [3.8, 4) is 16.9 Å². The van der Waals surface area contributed by atoms with Gasteiger partial charge in [-0.05, 0) is 41.0 Å². The summed E-state index contributed by atoms with van der Waals surface area (Å²) in [6.07, 6.45) is 0.878. The Morgan fingerprint density at radius 2 is 2.00 bits per heavy atom. The zero-order valence-corrected chi connectivity index (χ0v) is 16.1. The number of benzene rings is 2. The minimum Gasteiger partial charge on any atom is -0.491 e. The molecular formula is C22H27NO4. The smallest absolute Gasteiger partial charge is 0.405 e. The molecular weight excluding hydrogens is 342 g/mol. The Bertz CT molecular complexity index is 816. The van der Waals surface area contributed by atoms with E-state index in [2.05, 4.69) is 37.4 Å². The summed E-state index contributed by atoms with van der Waals surface area (Å²) in [5.74, 6) is 0.825. The van der Waals surface area contributed by atoms with Crippen LogP contribution >= 0.6 is 0 Å². The molecule has 1 unspecified atom stereocenters. The highest BCUT2D eigenvalue weighted by Crippen LogP contribution is 2.44. The molecule has 0 bridgehead atoms. The molecule has 1 atom stereocenters. The van der Waals surface area contributed by atoms with E-state index < -0.39 is 6.09 Å². The third-order valence-corrected chi connectivity index (χ3v) is 5.29. The van der Waals surface area contributed by atoms with Crippen LogP contribution in [0.2, 0.25) is 0 Å². The van der Waals surface area contributed by atoms with Crippen LogP contribution in [0.1, 0.15) is 37.4 Å². The van der Waals surface area contributed by atoms with Gasteiger partial charge in [-0.3, -0.25) is 0 Å². The topological polar surface area (TPSA) is 67.8 Å². The number of ether oxygens (including phenoxy) is 2. The van der Waals surface area contributed by atoms with Crippen molar-refractivity contribution in [2.24, 2.45) is 5.41 Å². The number of fused-ring (bicyclic) bond motifs is 1. The number of para-hydroxylation sites is 1. The van der Waals surface area contributed by atoms with Crippen LogP contribution in [0.4, 0.5) is 4.79 Å². The lowest BCUT2D eigenvalue weighted by Gasteiger charge is -2.40. The van der Waals surface area contributed by atoms with Gasteiger partial charge in [0.25, 0.3) is 0 Å². The van der Waals surface area contributed by atoms with Crippen LogP contribution in [0.3, 0.4) is 0 Å². The summed E-state index contributed by atoms with van der Waals surface area (Å²) in [4.78, 5) is 11.3. The number of amides is 1. The third kappa shape index (κ3) is 4.25. The van der Waals surface area contributed by atoms with Gasteiger partial charge < -0.3 is 19.9 Å². The van der Waals surface area contributed by atoms with Crippen molar-refractivity contribution in [2.45, 2.75) is 32.7 Å². The highest BCUT2D eigenvalue weighted by Gasteiger charge is 2.37. The minimum absolute atomic E-state index is 0.117. The Labute approximate surface area is 160 Å². The Kier molecular flexibility index (Phi) is 5.71. The second kappa shape index (κ2) is 8.01. The fraction of sp³-hybridized carbons (Fsp3) is 0.409. The predicted molar refractivity (Wildman–Crippen MR) is 105 cm³/mol. The van der Waals surface area contributed by atoms with E-state index in [1.165, 1.54) is 5.56 Å². The second-order valence-corrected chi connectivity index (χ2v) is 7.62. The molecule has 1 aliphatic carbocycles. The SMILES string of the molecule is COCCOc1ccccc1-c1ccc2c(c1)CCC(C)(C)C2NC(=O)O. The monoisotopic (exact) mass is 369 g/mol. The van der Waals surface area contributed by atoms with Crippen molar-refractivity contribution >= 4 is 6.09 Å². The van der Waals surface area contributed by atoms with Gasteiger partial charge in [-0.15, -0.1) is 0 Å². The summed E-state index contributed by atoms with van der Waals surface area (Å²) in [7, 11) is 1.65. The number of methoxy groups -OCH3 is 1. The molecule has 0 saturated heterocycles. The van der Waals surface area contributed by atoms with Gasteiger partial charge >= 0.3 is 6.09 Å². The van der Waals surface area contributed by atoms with Gasteiger partial charge in [0.05, 0.1) is 12.6 Å². The van der Waals surface area contributed by atoms with Gasteiger partial charge in [0.2, 0.25) is 0 Å². The molecule has 144 valence electrons. The van der Waals surface area contributed by atoms with Crippen molar-refractivity contribution in [3.05, 3.63) is 53.6 Å². The maximum absolute atomic E-state index is 11.3. The third-order valence-electron chi connectivity index (χ3n) is 5.29. The largest absolute Gasteiger partial charge is 0.491 e. The van der Waals surface area contributed by atoms with E-state index in [1.807, 2.05) is 24.3 Å². The molecule has 5 nitrogen and oxygen atoms in total. The van der Waals surface area contributed by atoms with Crippen molar-refractivity contribution in [2.75, 3.05) is 20.3 Å². The highest BCUT2D eigenvalue weighted by atomic mass is 16.5. The summed E-state index contributed by atoms with van der Waals surface area (Å²) < 4.78 is 10.9. The Morgan fingerprint density at radius 1 is 1.22 bits per heavy atom. The Hall–Kier alpha value is -2.53. The van der Waals surface area contributed by atoms with Gasteiger partial charge in [-0.25, -0.2) is 4.79 Å². The number of nitrogens with one attached hydrogen (secondary N) is 1. The molecule has 2 aromatic carbocycles. The molecule has 1 amide bonds. The first-order valence-corrected chi connectivity index (χ1v) is 9.26. The lowest BCUT2D eigenvalue weighted by Crippen LogP contribution is -2.40. The fourth-order valence-electron chi connectivity index (χ4n) is 3.76. The summed E-state index contributed by atoms with van der Waals surface area (Å²) in [5.41, 5.74) is 4.25. The zero-order chi connectivity index (χ0) is 19.4. The molecule has 0 fully saturated rings. The average Bonchev–Trinajstić information content (AvgIpc) is 2.64. The van der Waals surface area contributed by atoms with Crippen molar-refractivity contribution in [3.63, 3.8) is 0 Å². The van der Waals surface area contributed by atoms with Crippen LogP contribution in [0, 0.1) is 5.41 Å². The summed E-state index contributed by atoms with van der Waals surface area (Å²) in [5, 5.41) is 12.0. The van der Waals surface area contributed by atoms with E-state index in [1.54, 1.807) is 7.11 Å². The lowest BCUT2D eigenvalue weighted by atomic mass is 9.70. The summed E-state index contributed by atoms with van der Waals surface area (Å²) in [6, 6.07) is 14.0. The number of aryl methyl sites for hydroxylation is 1. The van der Waals surface area contributed by atoms with Crippen LogP contribution < -0.4 is 10.1 Å². The zero-order valence-electron chi connectivity index (χ0n) is 16.1. The minimum atomic E-state index is -0.984. The number of carbonyl (C=O) groups is 1. The van der Waals surface area contributed by atoms with E-state index in [4.69, 9.17) is 9.47 Å². The molecule has 0 spiro atoms. The Morgan fingerprint density at radius 3 is 2.74 bits per heavy atom. The van der Waals surface area contributed by atoms with Crippen LogP contribution in [0.25, 0.3) is 11.1 Å². The van der Waals surface area contributed by atoms with Crippen LogP contribution in [-0.2, 0) is 11.2 Å². The highest BCUT2D eigenvalue weighted by molar-refractivity contribution is 5.72. The van der Waals surface area contributed by atoms with Crippen LogP contribution in [-0.4, -0.2) is 31.5 Å². The maximum Gasteiger partial charge on any atom is 0.405 e. The van der Waals surface area contributed by atoms with E-state index in [9.17, 15) is 9.90 Å². The van der Waals surface area contributed by atoms with E-state index in [-0.39, 0.29) is 11.5 Å². The molecule has 0 saturated carbocycles. The van der Waals surface area contributed by atoms with Crippen LogP contribution in [0.5, 0.6) is 5.75 Å². The second-order valence-electron chi connectivity index (χ2n) is 7.62. The normalized spacial score (nSPS) is 17.8. The number of hydrogen-bond acceptors (Lipinski definition) is 3. The first-order chi connectivity index (χ1) is 12.9. The first kappa shape index (κ1) is 19.2. The number of carboxylic acid groups (broad SMARTS) is 1. The molecule has 2 N–H and O–H groups in total. The van der Waals surface area contributed by atoms with Gasteiger partial charge in [0, 0.05) is 12.7 Å². The summed E-state index contributed by atoms with van der Waals surface area (Å²) in [6.45, 7) is 5.26. The van der Waals surface area contributed by atoms with Gasteiger partial charge in [0.1, 0.15) is 12.4 Å². The maximum atomic E-state index is 11.3. The van der Waals surface area contributed by atoms with E-state index >= 15 is 0 Å². The number of hydrogen-bond donors (Lipinski definition) is 2. The standard InChI is InChI=1S/C22H27NO4/c1-22(2)11-10-16-14-15(8-9-18(16)20(22)23-21(24)25)17-6-4-5-7-19(17)27-13-12-26-3/h4-9,14,20,23H,10-13H2,1-3H3,(H,24,25). The van der Waals surface area contributed by atoms with Gasteiger partial charge in [0.15, 0.2) is 0 Å². The lowest BCUT2D eigenvalue weighted by molar-refractivity contribution is 0.146. The van der Waals surface area contributed by atoms with Crippen molar-refractivity contribution in [1.29, 1.82) is 0 Å². The molecule has 0 heterocycles. The molecule has 0 radical (unpaired) electrons. The van der Waals surface area contributed by atoms with Gasteiger partial charge in [-0.2, -0.15) is 0 Å². The van der Waals surface area contributed by atoms with Crippen molar-refractivity contribution in [1.82, 2.24) is 5.32 Å². The molecule has 3 rings (SSSR count). The van der Waals surface area contributed by atoms with Crippen molar-refractivity contribution < 1.29 is 19.4 Å². The molecule has 2 aromatic rings. The van der Waals surface area contributed by atoms with E-state index in [0.29, 0.717) is 13.2 Å². The van der Waals surface area contributed by atoms with E-state index in [0.717, 1.165) is 35.3 Å². The first-order valence-electron chi connectivity index (χ1n) is 9.26. The predicted octanol–water partition coefficient (Wildman–Crippen LogP) is 4.66. The molecule has 1 aliphatic rings. The molecule has 5 heteroatoms.